The molecule has 2 aromatic rings. The van der Waals surface area contributed by atoms with Gasteiger partial charge < -0.3 is 10.6 Å². The maximum absolute atomic E-state index is 11.9. The van der Waals surface area contributed by atoms with Gasteiger partial charge in [-0.1, -0.05) is 0 Å². The summed E-state index contributed by atoms with van der Waals surface area (Å²) in [5.74, 6) is -0.263. The number of benzene rings is 1. The van der Waals surface area contributed by atoms with Crippen LogP contribution in [0.1, 0.15) is 34.6 Å². The van der Waals surface area contributed by atoms with Gasteiger partial charge in [0.2, 0.25) is 0 Å². The first-order valence-electron chi connectivity index (χ1n) is 6.31. The maximum atomic E-state index is 11.9. The van der Waals surface area contributed by atoms with Crippen LogP contribution in [0, 0.1) is 0 Å². The highest BCUT2D eigenvalue weighted by molar-refractivity contribution is 7.08. The molecule has 1 aromatic heterocycles. The van der Waals surface area contributed by atoms with E-state index in [0.717, 1.165) is 0 Å². The number of rotatable bonds is 4. The topological polar surface area (TPSA) is 58.2 Å². The molecule has 2 N–H and O–H groups in total. The van der Waals surface area contributed by atoms with E-state index in [4.69, 9.17) is 0 Å². The van der Waals surface area contributed by atoms with Gasteiger partial charge in [-0.05, 0) is 49.6 Å². The van der Waals surface area contributed by atoms with E-state index in [1.54, 1.807) is 35.7 Å². The average molecular weight is 288 g/mol. The maximum Gasteiger partial charge on any atom is 0.256 e. The Morgan fingerprint density at radius 2 is 1.70 bits per heavy atom. The van der Waals surface area contributed by atoms with E-state index in [1.807, 2.05) is 19.2 Å². The molecule has 20 heavy (non-hydrogen) atoms. The number of carbonyl (C=O) groups is 2. The molecule has 0 unspecified atom stereocenters. The van der Waals surface area contributed by atoms with E-state index in [9.17, 15) is 9.59 Å². The summed E-state index contributed by atoms with van der Waals surface area (Å²) in [6.45, 7) is 3.82. The predicted octanol–water partition coefficient (Wildman–Crippen LogP) is 3.14. The van der Waals surface area contributed by atoms with Gasteiger partial charge in [0.15, 0.2) is 0 Å². The molecule has 0 radical (unpaired) electrons. The van der Waals surface area contributed by atoms with Crippen LogP contribution in [0.2, 0.25) is 0 Å². The molecule has 0 bridgehead atoms. The lowest BCUT2D eigenvalue weighted by atomic mass is 10.2. The van der Waals surface area contributed by atoms with Crippen LogP contribution in [0.5, 0.6) is 0 Å². The van der Waals surface area contributed by atoms with E-state index in [2.05, 4.69) is 10.6 Å². The van der Waals surface area contributed by atoms with Crippen molar-refractivity contribution in [3.05, 3.63) is 52.2 Å². The SMILES string of the molecule is CC(C)NC(=O)c1ccc(NC(=O)c2ccsc2)cc1. The standard InChI is InChI=1S/C15H16N2O2S/c1-10(2)16-14(18)11-3-5-13(6-4-11)17-15(19)12-7-8-20-9-12/h3-10H,1-2H3,(H,16,18)(H,17,19). The molecule has 0 spiro atoms. The van der Waals surface area contributed by atoms with Gasteiger partial charge in [-0.2, -0.15) is 11.3 Å². The number of amides is 2. The second-order valence-corrected chi connectivity index (χ2v) is 5.45. The van der Waals surface area contributed by atoms with Gasteiger partial charge in [-0.3, -0.25) is 9.59 Å². The van der Waals surface area contributed by atoms with E-state index < -0.39 is 0 Å². The van der Waals surface area contributed by atoms with Crippen molar-refractivity contribution in [3.63, 3.8) is 0 Å². The first-order valence-corrected chi connectivity index (χ1v) is 7.25. The molecule has 0 aliphatic heterocycles. The van der Waals surface area contributed by atoms with Gasteiger partial charge in [0, 0.05) is 22.7 Å². The van der Waals surface area contributed by atoms with Crippen LogP contribution in [-0.2, 0) is 0 Å². The van der Waals surface area contributed by atoms with Gasteiger partial charge >= 0.3 is 0 Å². The lowest BCUT2D eigenvalue weighted by Gasteiger charge is -2.09. The first-order chi connectivity index (χ1) is 9.56. The number of anilines is 1. The second kappa shape index (κ2) is 6.34. The number of hydrogen-bond donors (Lipinski definition) is 2. The Morgan fingerprint density at radius 1 is 1.00 bits per heavy atom. The summed E-state index contributed by atoms with van der Waals surface area (Å²) < 4.78 is 0. The minimum atomic E-state index is -0.148. The molecular formula is C15H16N2O2S. The van der Waals surface area contributed by atoms with Gasteiger partial charge in [-0.25, -0.2) is 0 Å². The Morgan fingerprint density at radius 3 is 2.25 bits per heavy atom. The Labute approximate surface area is 121 Å². The highest BCUT2D eigenvalue weighted by atomic mass is 32.1. The van der Waals surface area contributed by atoms with Crippen molar-refractivity contribution in [2.24, 2.45) is 0 Å². The molecule has 1 aromatic carbocycles. The lowest BCUT2D eigenvalue weighted by Crippen LogP contribution is -2.29. The molecule has 1 heterocycles. The average Bonchev–Trinajstić information content (AvgIpc) is 2.92. The Bertz CT molecular complexity index is 589. The van der Waals surface area contributed by atoms with Crippen molar-refractivity contribution >= 4 is 28.8 Å². The number of nitrogens with one attached hydrogen (secondary N) is 2. The highest BCUT2D eigenvalue weighted by Gasteiger charge is 2.08. The summed E-state index contributed by atoms with van der Waals surface area (Å²) in [6.07, 6.45) is 0. The van der Waals surface area contributed by atoms with Crippen molar-refractivity contribution in [1.29, 1.82) is 0 Å². The van der Waals surface area contributed by atoms with Crippen LogP contribution in [0.25, 0.3) is 0 Å². The molecule has 2 rings (SSSR count). The summed E-state index contributed by atoms with van der Waals surface area (Å²) in [5.41, 5.74) is 1.88. The third kappa shape index (κ3) is 3.68. The van der Waals surface area contributed by atoms with Crippen molar-refractivity contribution in [1.82, 2.24) is 5.32 Å². The monoisotopic (exact) mass is 288 g/mol. The molecule has 0 aliphatic rings. The third-order valence-corrected chi connectivity index (χ3v) is 3.29. The fourth-order valence-electron chi connectivity index (χ4n) is 1.65. The molecule has 5 heteroatoms. The number of thiophene rings is 1. The van der Waals surface area contributed by atoms with Crippen LogP contribution in [0.15, 0.2) is 41.1 Å². The molecule has 0 atom stereocenters. The molecule has 0 saturated heterocycles. The smallest absolute Gasteiger partial charge is 0.256 e. The van der Waals surface area contributed by atoms with Crippen LogP contribution < -0.4 is 10.6 Å². The Kier molecular flexibility index (Phi) is 4.53. The number of hydrogen-bond acceptors (Lipinski definition) is 3. The minimum absolute atomic E-state index is 0.0977. The van der Waals surface area contributed by atoms with E-state index in [1.165, 1.54) is 11.3 Å². The Hall–Kier alpha value is -2.14. The van der Waals surface area contributed by atoms with Crippen LogP contribution in [0.3, 0.4) is 0 Å². The third-order valence-electron chi connectivity index (χ3n) is 2.61. The molecule has 0 aliphatic carbocycles. The summed E-state index contributed by atoms with van der Waals surface area (Å²) >= 11 is 1.48. The summed E-state index contributed by atoms with van der Waals surface area (Å²) in [7, 11) is 0. The zero-order chi connectivity index (χ0) is 14.5. The van der Waals surface area contributed by atoms with Gasteiger partial charge in [0.25, 0.3) is 11.8 Å². The first kappa shape index (κ1) is 14.3. The van der Waals surface area contributed by atoms with Crippen LogP contribution >= 0.6 is 11.3 Å². The van der Waals surface area contributed by atoms with Crippen molar-refractivity contribution < 1.29 is 9.59 Å². The normalized spacial score (nSPS) is 10.3. The molecule has 0 saturated carbocycles. The summed E-state index contributed by atoms with van der Waals surface area (Å²) in [4.78, 5) is 23.6. The largest absolute Gasteiger partial charge is 0.350 e. The lowest BCUT2D eigenvalue weighted by molar-refractivity contribution is 0.0942. The second-order valence-electron chi connectivity index (χ2n) is 4.67. The molecular weight excluding hydrogens is 272 g/mol. The zero-order valence-corrected chi connectivity index (χ0v) is 12.2. The van der Waals surface area contributed by atoms with E-state index in [-0.39, 0.29) is 17.9 Å². The van der Waals surface area contributed by atoms with Gasteiger partial charge in [-0.15, -0.1) is 0 Å². The quantitative estimate of drug-likeness (QED) is 0.908. The summed E-state index contributed by atoms with van der Waals surface area (Å²) in [6, 6.07) is 8.70. The van der Waals surface area contributed by atoms with E-state index >= 15 is 0 Å². The van der Waals surface area contributed by atoms with Gasteiger partial charge in [0.1, 0.15) is 0 Å². The Balaban J connectivity index is 2.01. The van der Waals surface area contributed by atoms with Crippen molar-refractivity contribution in [2.75, 3.05) is 5.32 Å². The highest BCUT2D eigenvalue weighted by Crippen LogP contribution is 2.13. The van der Waals surface area contributed by atoms with Crippen LogP contribution in [-0.4, -0.2) is 17.9 Å². The fourth-order valence-corrected chi connectivity index (χ4v) is 2.28. The van der Waals surface area contributed by atoms with Gasteiger partial charge in [0.05, 0.1) is 5.56 Å². The van der Waals surface area contributed by atoms with Crippen LogP contribution in [0.4, 0.5) is 5.69 Å². The van der Waals surface area contributed by atoms with Crippen molar-refractivity contribution in [3.8, 4) is 0 Å². The van der Waals surface area contributed by atoms with Crippen molar-refractivity contribution in [2.45, 2.75) is 19.9 Å². The zero-order valence-electron chi connectivity index (χ0n) is 11.3. The number of carbonyl (C=O) groups excluding carboxylic acids is 2. The summed E-state index contributed by atoms with van der Waals surface area (Å²) in [5, 5.41) is 9.25. The molecule has 0 fully saturated rings. The molecule has 4 nitrogen and oxygen atoms in total. The molecule has 2 amide bonds. The molecule has 104 valence electrons. The minimum Gasteiger partial charge on any atom is -0.350 e. The van der Waals surface area contributed by atoms with E-state index in [0.29, 0.717) is 16.8 Å². The predicted molar refractivity (Wildman–Crippen MR) is 81.3 cm³/mol. The fraction of sp³-hybridized carbons (Fsp3) is 0.200.